The summed E-state index contributed by atoms with van der Waals surface area (Å²) < 4.78 is 7.01. The van der Waals surface area contributed by atoms with Crippen LogP contribution < -0.4 is 10.6 Å². The number of hydrogen-bond donors (Lipinski definition) is 2. The van der Waals surface area contributed by atoms with Gasteiger partial charge in [0.15, 0.2) is 0 Å². The number of ketones is 1. The van der Waals surface area contributed by atoms with Gasteiger partial charge in [0, 0.05) is 55.4 Å². The van der Waals surface area contributed by atoms with Crippen LogP contribution in [0, 0.1) is 52.3 Å². The molecule has 8 nitrogen and oxygen atoms in total. The zero-order chi connectivity index (χ0) is 33.4. The van der Waals surface area contributed by atoms with Crippen molar-refractivity contribution in [2.45, 2.75) is 148 Å². The number of fused-ring (bicyclic) bond motifs is 7. The molecule has 0 aromatic carbocycles. The molecule has 8 rings (SSSR count). The van der Waals surface area contributed by atoms with E-state index in [4.69, 9.17) is 4.74 Å². The lowest BCUT2D eigenvalue weighted by molar-refractivity contribution is -0.160. The van der Waals surface area contributed by atoms with Gasteiger partial charge in [-0.1, -0.05) is 34.1 Å². The standard InChI is InChI=1S/C40H64N4O4/c1-25-10-15-40(41-24-25)26(2)37-33(48-40)21-32-30-9-8-27-20-28(11-14-38(27,3)31(30)22-34(45)39(32,37)4)42-35(46)23-36(47)44-18-12-29(13-19-44)43-16-6-5-7-17-43/h25-33,37,41H,5-24H2,1-4H3,(H,42,46)/t25-,26+,27+,28-,30-,31+,32+,33+,37+,38+,39-,40-/m1/s1. The third kappa shape index (κ3) is 5.43. The molecule has 268 valence electrons. The fourth-order valence-electron chi connectivity index (χ4n) is 13.6. The minimum absolute atomic E-state index is 0.00565. The molecule has 0 radical (unpaired) electrons. The third-order valence-electron chi connectivity index (χ3n) is 16.4. The van der Waals surface area contributed by atoms with Crippen LogP contribution in [0.4, 0.5) is 0 Å². The Hall–Kier alpha value is -1.51. The quantitative estimate of drug-likeness (QED) is 0.384. The van der Waals surface area contributed by atoms with Crippen LogP contribution in [0.5, 0.6) is 0 Å². The molecule has 4 aliphatic carbocycles. The van der Waals surface area contributed by atoms with Gasteiger partial charge in [-0.15, -0.1) is 0 Å². The van der Waals surface area contributed by atoms with E-state index in [1.807, 2.05) is 4.90 Å². The highest BCUT2D eigenvalue weighted by Gasteiger charge is 2.71. The van der Waals surface area contributed by atoms with Crippen molar-refractivity contribution in [2.75, 3.05) is 32.7 Å². The van der Waals surface area contributed by atoms with Crippen molar-refractivity contribution < 1.29 is 19.1 Å². The van der Waals surface area contributed by atoms with Gasteiger partial charge in [-0.2, -0.15) is 0 Å². The van der Waals surface area contributed by atoms with Crippen LogP contribution >= 0.6 is 0 Å². The van der Waals surface area contributed by atoms with Gasteiger partial charge in [0.2, 0.25) is 11.8 Å². The highest BCUT2D eigenvalue weighted by molar-refractivity contribution is 5.97. The summed E-state index contributed by atoms with van der Waals surface area (Å²) in [5.74, 6) is 3.73. The summed E-state index contributed by atoms with van der Waals surface area (Å²) >= 11 is 0. The van der Waals surface area contributed by atoms with Gasteiger partial charge in [-0.05, 0) is 125 Å². The zero-order valence-corrected chi connectivity index (χ0v) is 30.4. The van der Waals surface area contributed by atoms with Crippen LogP contribution in [0.1, 0.15) is 124 Å². The van der Waals surface area contributed by atoms with Crippen molar-refractivity contribution in [3.05, 3.63) is 0 Å². The van der Waals surface area contributed by atoms with Crippen molar-refractivity contribution in [1.29, 1.82) is 0 Å². The second-order valence-corrected chi connectivity index (χ2v) is 18.6. The molecule has 1 spiro atoms. The Morgan fingerprint density at radius 3 is 2.42 bits per heavy atom. The highest BCUT2D eigenvalue weighted by atomic mass is 16.5. The summed E-state index contributed by atoms with van der Waals surface area (Å²) in [5.41, 5.74) is -0.376. The molecule has 8 fully saturated rings. The molecule has 0 unspecified atom stereocenters. The predicted octanol–water partition coefficient (Wildman–Crippen LogP) is 5.54. The molecule has 48 heavy (non-hydrogen) atoms. The average Bonchev–Trinajstić information content (AvgIpc) is 3.53. The summed E-state index contributed by atoms with van der Waals surface area (Å²) in [6, 6.07) is 0.736. The maximum Gasteiger partial charge on any atom is 0.232 e. The molecule has 0 aromatic heterocycles. The number of amides is 2. The fourth-order valence-corrected chi connectivity index (χ4v) is 13.6. The number of ether oxygens (including phenoxy) is 1. The third-order valence-corrected chi connectivity index (χ3v) is 16.4. The molecule has 4 aliphatic heterocycles. The van der Waals surface area contributed by atoms with Crippen LogP contribution in [0.3, 0.4) is 0 Å². The normalized spacial score (nSPS) is 48.0. The molecule has 4 saturated carbocycles. The molecular weight excluding hydrogens is 600 g/mol. The van der Waals surface area contributed by atoms with Crippen molar-refractivity contribution >= 4 is 17.6 Å². The van der Waals surface area contributed by atoms with E-state index in [2.05, 4.69) is 43.2 Å². The largest absolute Gasteiger partial charge is 0.357 e. The van der Waals surface area contributed by atoms with Gasteiger partial charge in [-0.3, -0.25) is 19.7 Å². The number of carbonyl (C=O) groups is 3. The smallest absolute Gasteiger partial charge is 0.232 e. The van der Waals surface area contributed by atoms with Gasteiger partial charge in [-0.25, -0.2) is 0 Å². The summed E-state index contributed by atoms with van der Waals surface area (Å²) in [7, 11) is 0. The number of nitrogens with one attached hydrogen (secondary N) is 2. The monoisotopic (exact) mass is 664 g/mol. The first kappa shape index (κ1) is 33.6. The maximum atomic E-state index is 14.5. The summed E-state index contributed by atoms with van der Waals surface area (Å²) in [5, 5.41) is 7.12. The first-order valence-corrected chi connectivity index (χ1v) is 20.3. The Labute approximate surface area is 289 Å². The zero-order valence-electron chi connectivity index (χ0n) is 30.4. The van der Waals surface area contributed by atoms with E-state index >= 15 is 0 Å². The maximum absolute atomic E-state index is 14.5. The number of carbonyl (C=O) groups excluding carboxylic acids is 3. The van der Waals surface area contributed by atoms with E-state index in [9.17, 15) is 14.4 Å². The first-order valence-electron chi connectivity index (χ1n) is 20.3. The molecule has 0 aromatic rings. The lowest BCUT2D eigenvalue weighted by Crippen LogP contribution is -2.60. The summed E-state index contributed by atoms with van der Waals surface area (Å²) in [6.45, 7) is 14.5. The van der Waals surface area contributed by atoms with Crippen molar-refractivity contribution in [3.8, 4) is 0 Å². The van der Waals surface area contributed by atoms with Gasteiger partial charge < -0.3 is 19.9 Å². The fraction of sp³-hybridized carbons (Fsp3) is 0.925. The lowest BCUT2D eigenvalue weighted by atomic mass is 9.44. The Morgan fingerprint density at radius 2 is 1.69 bits per heavy atom. The van der Waals surface area contributed by atoms with E-state index in [1.165, 1.54) is 51.6 Å². The van der Waals surface area contributed by atoms with Crippen LogP contribution in [-0.2, 0) is 19.1 Å². The van der Waals surface area contributed by atoms with E-state index in [1.54, 1.807) is 0 Å². The topological polar surface area (TPSA) is 91.0 Å². The number of piperidine rings is 3. The van der Waals surface area contributed by atoms with E-state index < -0.39 is 0 Å². The van der Waals surface area contributed by atoms with Crippen LogP contribution in [-0.4, -0.2) is 84.0 Å². The number of rotatable bonds is 4. The van der Waals surface area contributed by atoms with E-state index in [-0.39, 0.29) is 46.9 Å². The number of nitrogens with zero attached hydrogens (tertiary/aromatic N) is 2. The molecule has 8 aliphatic rings. The Morgan fingerprint density at radius 1 is 0.917 bits per heavy atom. The van der Waals surface area contributed by atoms with Gasteiger partial charge in [0.1, 0.15) is 17.9 Å². The van der Waals surface area contributed by atoms with Gasteiger partial charge in [0.05, 0.1) is 6.10 Å². The van der Waals surface area contributed by atoms with Gasteiger partial charge in [0.25, 0.3) is 0 Å². The minimum atomic E-state index is -0.275. The van der Waals surface area contributed by atoms with Gasteiger partial charge >= 0.3 is 0 Å². The first-order chi connectivity index (χ1) is 23.0. The summed E-state index contributed by atoms with van der Waals surface area (Å²) in [6.07, 6.45) is 15.6. The number of likely N-dealkylation sites (tertiary alicyclic amines) is 2. The molecule has 2 amide bonds. The van der Waals surface area contributed by atoms with Crippen molar-refractivity contribution in [3.63, 3.8) is 0 Å². The molecular formula is C40H64N4O4. The van der Waals surface area contributed by atoms with Crippen molar-refractivity contribution in [2.24, 2.45) is 52.3 Å². The highest BCUT2D eigenvalue weighted by Crippen LogP contribution is 2.70. The molecule has 2 N–H and O–H groups in total. The molecule has 0 bridgehead atoms. The van der Waals surface area contributed by atoms with Crippen LogP contribution in [0.2, 0.25) is 0 Å². The second-order valence-electron chi connectivity index (χ2n) is 18.6. The summed E-state index contributed by atoms with van der Waals surface area (Å²) in [4.78, 5) is 45.3. The number of Topliss-reactive ketones (excluding diaryl/α,β-unsaturated/α-hetero) is 1. The van der Waals surface area contributed by atoms with Crippen molar-refractivity contribution in [1.82, 2.24) is 20.4 Å². The SMILES string of the molecule is C[C@@H]1CC[C@@]2(NC1)O[C@H]1C[C@H]3[C@@H]4CC[C@H]5C[C@H](NC(=O)CC(=O)N6CCC(N7CCCCC7)CC6)CC[C@]5(C)[C@H]4CC(=O)[C@]3(C)[C@H]1[C@@H]2C. The molecule has 12 atom stereocenters. The van der Waals surface area contributed by atoms with E-state index in [0.717, 1.165) is 71.0 Å². The molecule has 4 heterocycles. The van der Waals surface area contributed by atoms with E-state index in [0.29, 0.717) is 53.3 Å². The molecule has 4 saturated heterocycles. The molecule has 8 heteroatoms. The minimum Gasteiger partial charge on any atom is -0.357 e. The Bertz CT molecular complexity index is 1250. The van der Waals surface area contributed by atoms with Crippen LogP contribution in [0.25, 0.3) is 0 Å². The Balaban J connectivity index is 0.860. The lowest BCUT2D eigenvalue weighted by Gasteiger charge is -2.60. The van der Waals surface area contributed by atoms with Crippen LogP contribution in [0.15, 0.2) is 0 Å². The number of hydrogen-bond acceptors (Lipinski definition) is 6. The second kappa shape index (κ2) is 12.6. The Kier molecular flexibility index (Phi) is 8.84. The average molecular weight is 665 g/mol. The predicted molar refractivity (Wildman–Crippen MR) is 186 cm³/mol.